The van der Waals surface area contributed by atoms with E-state index in [-0.39, 0.29) is 16.6 Å². The Kier molecular flexibility index (Phi) is 4.08. The summed E-state index contributed by atoms with van der Waals surface area (Å²) in [7, 11) is -0.701. The van der Waals surface area contributed by atoms with Crippen molar-refractivity contribution in [3.63, 3.8) is 0 Å². The molecule has 1 aromatic rings. The van der Waals surface area contributed by atoms with Crippen LogP contribution in [0.15, 0.2) is 12.1 Å². The number of benzene rings is 1. The summed E-state index contributed by atoms with van der Waals surface area (Å²) in [5.74, 6) is -1.01. The van der Waals surface area contributed by atoms with Crippen LogP contribution in [0.25, 0.3) is 0 Å². The zero-order valence-corrected chi connectivity index (χ0v) is 13.5. The van der Waals surface area contributed by atoms with Gasteiger partial charge in [0.25, 0.3) is 0 Å². The quantitative estimate of drug-likeness (QED) is 0.854. The topological polar surface area (TPSA) is 47.6 Å². The minimum Gasteiger partial charge on any atom is -0.399 e. The number of halogens is 2. The van der Waals surface area contributed by atoms with Crippen molar-refractivity contribution in [2.45, 2.75) is 45.8 Å². The second kappa shape index (κ2) is 5.27. The van der Waals surface area contributed by atoms with E-state index in [2.05, 4.69) is 5.32 Å². The second-order valence-corrected chi connectivity index (χ2v) is 6.54. The molecule has 114 valence electrons. The van der Waals surface area contributed by atoms with E-state index in [9.17, 15) is 9.18 Å². The van der Waals surface area contributed by atoms with Crippen LogP contribution in [-0.4, -0.2) is 24.2 Å². The lowest BCUT2D eigenvalue weighted by Gasteiger charge is -2.32. The predicted octanol–water partition coefficient (Wildman–Crippen LogP) is 2.74. The molecule has 1 aliphatic rings. The number of nitrogens with one attached hydrogen (secondary N) is 1. The van der Waals surface area contributed by atoms with Gasteiger partial charge in [0.05, 0.1) is 21.9 Å². The van der Waals surface area contributed by atoms with E-state index in [1.54, 1.807) is 0 Å². The summed E-state index contributed by atoms with van der Waals surface area (Å²) < 4.78 is 25.8. The highest BCUT2D eigenvalue weighted by molar-refractivity contribution is 6.62. The molecule has 7 heteroatoms. The molecule has 1 aliphatic heterocycles. The summed E-state index contributed by atoms with van der Waals surface area (Å²) in [4.78, 5) is 11.0. The summed E-state index contributed by atoms with van der Waals surface area (Å²) in [6.45, 7) is 8.94. The fourth-order valence-corrected chi connectivity index (χ4v) is 2.27. The molecule has 0 aromatic heterocycles. The molecule has 0 radical (unpaired) electrons. The molecule has 1 heterocycles. The molecule has 2 rings (SSSR count). The number of rotatable bonds is 2. The minimum absolute atomic E-state index is 0.0376. The van der Waals surface area contributed by atoms with Crippen LogP contribution < -0.4 is 10.8 Å². The minimum atomic E-state index is -0.701. The highest BCUT2D eigenvalue weighted by Crippen LogP contribution is 2.37. The lowest BCUT2D eigenvalue weighted by molar-refractivity contribution is -0.114. The van der Waals surface area contributed by atoms with E-state index in [0.717, 1.165) is 0 Å². The lowest BCUT2D eigenvalue weighted by Crippen LogP contribution is -2.41. The molecule has 1 amide bonds. The van der Waals surface area contributed by atoms with E-state index in [4.69, 9.17) is 20.9 Å². The number of hydrogen-bond donors (Lipinski definition) is 1. The molecule has 0 bridgehead atoms. The Balaban J connectivity index is 2.33. The summed E-state index contributed by atoms with van der Waals surface area (Å²) >= 11 is 6.03. The first kappa shape index (κ1) is 16.3. The van der Waals surface area contributed by atoms with Crippen LogP contribution in [0.1, 0.15) is 34.6 Å². The summed E-state index contributed by atoms with van der Waals surface area (Å²) in [5, 5.41) is 2.47. The second-order valence-electron chi connectivity index (χ2n) is 6.13. The van der Waals surface area contributed by atoms with Crippen molar-refractivity contribution in [3.8, 4) is 0 Å². The van der Waals surface area contributed by atoms with Gasteiger partial charge in [-0.15, -0.1) is 0 Å². The first-order valence-corrected chi connectivity index (χ1v) is 7.03. The zero-order chi connectivity index (χ0) is 16.0. The summed E-state index contributed by atoms with van der Waals surface area (Å²) in [5.41, 5.74) is -0.594. The number of anilines is 1. The SMILES string of the molecule is CC(=O)Nc1c(F)cc(B2OC(C)(C)C(C)(C)O2)cc1Cl. The fraction of sp³-hybridized carbons (Fsp3) is 0.500. The summed E-state index contributed by atoms with van der Waals surface area (Å²) in [6.07, 6.45) is 0. The molecule has 0 aliphatic carbocycles. The van der Waals surface area contributed by atoms with Crippen LogP contribution >= 0.6 is 11.6 Å². The Hall–Kier alpha value is -1.11. The zero-order valence-electron chi connectivity index (χ0n) is 12.7. The average molecular weight is 314 g/mol. The summed E-state index contributed by atoms with van der Waals surface area (Å²) in [6, 6.07) is 2.80. The Morgan fingerprint density at radius 2 is 1.76 bits per heavy atom. The highest BCUT2D eigenvalue weighted by Gasteiger charge is 2.51. The van der Waals surface area contributed by atoms with E-state index in [0.29, 0.717) is 5.46 Å². The molecule has 4 nitrogen and oxygen atoms in total. The Bertz CT molecular complexity index is 553. The largest absolute Gasteiger partial charge is 0.494 e. The molecule has 1 aromatic carbocycles. The third-order valence-electron chi connectivity index (χ3n) is 3.89. The van der Waals surface area contributed by atoms with Crippen molar-refractivity contribution in [2.75, 3.05) is 5.32 Å². The standard InChI is InChI=1S/C14H18BClFNO3/c1-8(19)18-12-10(16)6-9(7-11(12)17)15-20-13(2,3)14(4,5)21-15/h6-7H,1-5H3,(H,18,19). The average Bonchev–Trinajstić information content (AvgIpc) is 2.53. The van der Waals surface area contributed by atoms with E-state index in [1.807, 2.05) is 27.7 Å². The van der Waals surface area contributed by atoms with Crippen LogP contribution in [0.2, 0.25) is 5.02 Å². The Labute approximate surface area is 129 Å². The molecule has 0 unspecified atom stereocenters. The van der Waals surface area contributed by atoms with Gasteiger partial charge in [-0.05, 0) is 45.3 Å². The number of amides is 1. The maximum absolute atomic E-state index is 14.1. The van der Waals surface area contributed by atoms with E-state index >= 15 is 0 Å². The van der Waals surface area contributed by atoms with Crippen molar-refractivity contribution < 1.29 is 18.5 Å². The fourth-order valence-electron chi connectivity index (χ4n) is 2.00. The third-order valence-corrected chi connectivity index (χ3v) is 4.19. The van der Waals surface area contributed by atoms with Gasteiger partial charge in [-0.3, -0.25) is 4.79 Å². The van der Waals surface area contributed by atoms with E-state index < -0.39 is 24.1 Å². The molecule has 1 N–H and O–H groups in total. The first-order valence-electron chi connectivity index (χ1n) is 6.66. The van der Waals surface area contributed by atoms with Gasteiger partial charge in [-0.1, -0.05) is 11.6 Å². The van der Waals surface area contributed by atoms with Crippen molar-refractivity contribution in [1.82, 2.24) is 0 Å². The number of carbonyl (C=O) groups is 1. The van der Waals surface area contributed by atoms with E-state index in [1.165, 1.54) is 19.1 Å². The van der Waals surface area contributed by atoms with Crippen molar-refractivity contribution in [2.24, 2.45) is 0 Å². The van der Waals surface area contributed by atoms with Gasteiger partial charge in [0, 0.05) is 6.92 Å². The maximum Gasteiger partial charge on any atom is 0.494 e. The number of hydrogen-bond acceptors (Lipinski definition) is 3. The van der Waals surface area contributed by atoms with Gasteiger partial charge < -0.3 is 14.6 Å². The van der Waals surface area contributed by atoms with Crippen LogP contribution in [0.3, 0.4) is 0 Å². The van der Waals surface area contributed by atoms with Gasteiger partial charge in [0.2, 0.25) is 5.91 Å². The molecule has 0 atom stereocenters. The normalized spacial score (nSPS) is 19.7. The smallest absolute Gasteiger partial charge is 0.399 e. The lowest BCUT2D eigenvalue weighted by atomic mass is 9.79. The van der Waals surface area contributed by atoms with Crippen molar-refractivity contribution >= 4 is 35.8 Å². The molecular formula is C14H18BClFNO3. The molecule has 1 saturated heterocycles. The van der Waals surface area contributed by atoms with Crippen LogP contribution in [0, 0.1) is 5.82 Å². The van der Waals surface area contributed by atoms with Crippen LogP contribution in [0.4, 0.5) is 10.1 Å². The molecule has 0 spiro atoms. The van der Waals surface area contributed by atoms with Crippen molar-refractivity contribution in [3.05, 3.63) is 23.0 Å². The molecule has 1 fully saturated rings. The van der Waals surface area contributed by atoms with Gasteiger partial charge in [0.1, 0.15) is 5.82 Å². The Morgan fingerprint density at radius 3 is 2.19 bits per heavy atom. The number of carbonyl (C=O) groups excluding carboxylic acids is 1. The monoisotopic (exact) mass is 313 g/mol. The highest BCUT2D eigenvalue weighted by atomic mass is 35.5. The molecule has 21 heavy (non-hydrogen) atoms. The first-order chi connectivity index (χ1) is 9.53. The Morgan fingerprint density at radius 1 is 1.24 bits per heavy atom. The molecule has 0 saturated carbocycles. The van der Waals surface area contributed by atoms with Gasteiger partial charge in [-0.2, -0.15) is 0 Å². The van der Waals surface area contributed by atoms with Crippen LogP contribution in [-0.2, 0) is 14.1 Å². The maximum atomic E-state index is 14.1. The van der Waals surface area contributed by atoms with Crippen molar-refractivity contribution in [1.29, 1.82) is 0 Å². The van der Waals surface area contributed by atoms with Gasteiger partial charge in [-0.25, -0.2) is 4.39 Å². The third kappa shape index (κ3) is 3.07. The van der Waals surface area contributed by atoms with Crippen LogP contribution in [0.5, 0.6) is 0 Å². The van der Waals surface area contributed by atoms with Gasteiger partial charge in [0.15, 0.2) is 0 Å². The molecular weight excluding hydrogens is 295 g/mol. The van der Waals surface area contributed by atoms with Gasteiger partial charge >= 0.3 is 7.12 Å². The predicted molar refractivity (Wildman–Crippen MR) is 81.4 cm³/mol.